The summed E-state index contributed by atoms with van der Waals surface area (Å²) in [7, 11) is 4.63. The first-order valence-corrected chi connectivity index (χ1v) is 9.32. The van der Waals surface area contributed by atoms with Crippen molar-refractivity contribution in [3.63, 3.8) is 0 Å². The Morgan fingerprint density at radius 2 is 1.86 bits per heavy atom. The lowest BCUT2D eigenvalue weighted by Crippen LogP contribution is -2.25. The fourth-order valence-electron chi connectivity index (χ4n) is 3.79. The Labute approximate surface area is 167 Å². The number of nitro groups is 1. The van der Waals surface area contributed by atoms with E-state index < -0.39 is 16.6 Å². The first kappa shape index (κ1) is 20.5. The predicted molar refractivity (Wildman–Crippen MR) is 103 cm³/mol. The van der Waals surface area contributed by atoms with Crippen molar-refractivity contribution in [2.75, 3.05) is 14.2 Å². The molecule has 1 aromatic heterocycles. The minimum Gasteiger partial charge on any atom is -0.497 e. The third kappa shape index (κ3) is 4.28. The molecule has 9 heteroatoms. The van der Waals surface area contributed by atoms with E-state index in [1.807, 2.05) is 12.1 Å². The molecule has 0 aliphatic heterocycles. The summed E-state index contributed by atoms with van der Waals surface area (Å²) in [6.07, 6.45) is 3.07. The van der Waals surface area contributed by atoms with Crippen LogP contribution in [-0.2, 0) is 11.8 Å². The van der Waals surface area contributed by atoms with Crippen LogP contribution in [0, 0.1) is 16.0 Å². The molecule has 1 aromatic carbocycles. The first-order valence-electron chi connectivity index (χ1n) is 9.32. The van der Waals surface area contributed by atoms with Crippen molar-refractivity contribution in [2.24, 2.45) is 13.0 Å². The minimum atomic E-state index is -0.916. The van der Waals surface area contributed by atoms with Crippen molar-refractivity contribution in [2.45, 2.75) is 31.6 Å². The van der Waals surface area contributed by atoms with Gasteiger partial charge in [-0.05, 0) is 36.5 Å². The predicted octanol–water partition coefficient (Wildman–Crippen LogP) is 3.07. The lowest BCUT2D eigenvalue weighted by molar-refractivity contribution is -0.385. The van der Waals surface area contributed by atoms with Gasteiger partial charge in [-0.3, -0.25) is 24.4 Å². The fraction of sp³-hybridized carbons (Fsp3) is 0.450. The van der Waals surface area contributed by atoms with E-state index in [1.54, 1.807) is 20.3 Å². The minimum absolute atomic E-state index is 0.0805. The van der Waals surface area contributed by atoms with E-state index in [9.17, 15) is 19.7 Å². The zero-order chi connectivity index (χ0) is 21.1. The van der Waals surface area contributed by atoms with Gasteiger partial charge < -0.3 is 9.47 Å². The summed E-state index contributed by atoms with van der Waals surface area (Å²) < 4.78 is 11.8. The van der Waals surface area contributed by atoms with Crippen LogP contribution in [0.5, 0.6) is 11.5 Å². The number of ketones is 2. The topological polar surface area (TPSA) is 114 Å². The third-order valence-corrected chi connectivity index (χ3v) is 5.28. The van der Waals surface area contributed by atoms with Gasteiger partial charge in [-0.25, -0.2) is 0 Å². The number of aryl methyl sites for hydroxylation is 1. The number of carbonyl (C=O) groups excluding carboxylic acids is 2. The van der Waals surface area contributed by atoms with E-state index in [0.717, 1.165) is 12.0 Å². The van der Waals surface area contributed by atoms with E-state index in [0.29, 0.717) is 24.3 Å². The van der Waals surface area contributed by atoms with Gasteiger partial charge in [-0.2, -0.15) is 5.10 Å². The highest BCUT2D eigenvalue weighted by Crippen LogP contribution is 2.37. The Bertz CT molecular complexity index is 929. The summed E-state index contributed by atoms with van der Waals surface area (Å²) in [5, 5.41) is 15.2. The Morgan fingerprint density at radius 3 is 2.45 bits per heavy atom. The zero-order valence-electron chi connectivity index (χ0n) is 16.6. The summed E-state index contributed by atoms with van der Waals surface area (Å²) in [6, 6.07) is 5.49. The molecular formula is C20H23N3O6. The Hall–Kier alpha value is -3.23. The molecule has 1 aliphatic carbocycles. The van der Waals surface area contributed by atoms with Crippen LogP contribution in [0.25, 0.3) is 0 Å². The zero-order valence-corrected chi connectivity index (χ0v) is 16.6. The normalized spacial score (nSPS) is 19.5. The quantitative estimate of drug-likeness (QED) is 0.240. The van der Waals surface area contributed by atoms with Crippen molar-refractivity contribution in [1.29, 1.82) is 0 Å². The fourth-order valence-corrected chi connectivity index (χ4v) is 3.79. The molecule has 0 N–H and O–H groups in total. The molecule has 0 spiro atoms. The van der Waals surface area contributed by atoms with E-state index >= 15 is 0 Å². The van der Waals surface area contributed by atoms with Crippen LogP contribution < -0.4 is 9.47 Å². The van der Waals surface area contributed by atoms with Gasteiger partial charge in [-0.1, -0.05) is 6.42 Å². The maximum absolute atomic E-state index is 12.9. The van der Waals surface area contributed by atoms with E-state index in [2.05, 4.69) is 5.10 Å². The summed E-state index contributed by atoms with van der Waals surface area (Å²) in [4.78, 5) is 36.4. The maximum atomic E-state index is 12.9. The number of hydrogen-bond acceptors (Lipinski definition) is 7. The lowest BCUT2D eigenvalue weighted by Gasteiger charge is -2.16. The lowest BCUT2D eigenvalue weighted by atomic mass is 9.88. The Morgan fingerprint density at radius 1 is 1.21 bits per heavy atom. The highest BCUT2D eigenvalue weighted by atomic mass is 16.6. The molecule has 29 heavy (non-hydrogen) atoms. The summed E-state index contributed by atoms with van der Waals surface area (Å²) >= 11 is 0. The van der Waals surface area contributed by atoms with E-state index in [1.165, 1.54) is 17.9 Å². The first-order chi connectivity index (χ1) is 13.8. The van der Waals surface area contributed by atoms with Crippen LogP contribution in [0.4, 0.5) is 5.69 Å². The summed E-state index contributed by atoms with van der Waals surface area (Å²) in [5.41, 5.74) is 0.285. The summed E-state index contributed by atoms with van der Waals surface area (Å²) in [5.74, 6) is -0.532. The van der Waals surface area contributed by atoms with Crippen molar-refractivity contribution in [3.05, 3.63) is 45.8 Å². The number of benzene rings is 1. The number of ether oxygens (including phenoxy) is 2. The largest absolute Gasteiger partial charge is 0.497 e. The van der Waals surface area contributed by atoms with Gasteiger partial charge in [0.2, 0.25) is 11.5 Å². The molecule has 2 aromatic rings. The molecule has 0 bridgehead atoms. The van der Waals surface area contributed by atoms with Crippen LogP contribution in [0.3, 0.4) is 0 Å². The molecule has 1 heterocycles. The van der Waals surface area contributed by atoms with Crippen LogP contribution >= 0.6 is 0 Å². The van der Waals surface area contributed by atoms with Crippen LogP contribution in [0.2, 0.25) is 0 Å². The molecule has 9 nitrogen and oxygen atoms in total. The second kappa shape index (κ2) is 8.42. The van der Waals surface area contributed by atoms with Crippen LogP contribution in [-0.4, -0.2) is 40.5 Å². The van der Waals surface area contributed by atoms with Gasteiger partial charge in [0.1, 0.15) is 23.5 Å². The Balaban J connectivity index is 1.85. The van der Waals surface area contributed by atoms with Crippen molar-refractivity contribution in [3.8, 4) is 11.5 Å². The number of carbonyl (C=O) groups is 2. The standard InChI is InChI=1S/C20H23N3O6/c1-22-11-17(23(26)27)19(21-22)20(25)16-6-4-5-12(9-18(16)24)13-7-14(28-2)10-15(8-13)29-3/h7-8,10-12,16H,4-6,9H2,1-3H3/t12-,16?/m1/s1. The van der Waals surface area contributed by atoms with Gasteiger partial charge in [0.25, 0.3) is 0 Å². The van der Waals surface area contributed by atoms with Gasteiger partial charge in [0, 0.05) is 19.5 Å². The number of hydrogen-bond donors (Lipinski definition) is 0. The van der Waals surface area contributed by atoms with Gasteiger partial charge in [-0.15, -0.1) is 0 Å². The second-order valence-corrected chi connectivity index (χ2v) is 7.15. The number of methoxy groups -OCH3 is 2. The Kier molecular flexibility index (Phi) is 5.95. The maximum Gasteiger partial charge on any atom is 0.318 e. The molecule has 0 amide bonds. The molecule has 1 unspecified atom stereocenters. The number of nitrogens with zero attached hydrogens (tertiary/aromatic N) is 3. The highest BCUT2D eigenvalue weighted by Gasteiger charge is 2.37. The molecule has 154 valence electrons. The van der Waals surface area contributed by atoms with Gasteiger partial charge >= 0.3 is 5.69 Å². The van der Waals surface area contributed by atoms with Crippen LogP contribution in [0.1, 0.15) is 47.7 Å². The molecule has 0 radical (unpaired) electrons. The van der Waals surface area contributed by atoms with Gasteiger partial charge in [0.15, 0.2) is 0 Å². The molecule has 3 rings (SSSR count). The molecule has 1 aliphatic rings. The summed E-state index contributed by atoms with van der Waals surface area (Å²) in [6.45, 7) is 0. The third-order valence-electron chi connectivity index (χ3n) is 5.28. The molecule has 1 fully saturated rings. The van der Waals surface area contributed by atoms with E-state index in [4.69, 9.17) is 9.47 Å². The molecule has 2 atom stereocenters. The molecule has 0 saturated heterocycles. The average Bonchev–Trinajstić information content (AvgIpc) is 3.00. The van der Waals surface area contributed by atoms with Gasteiger partial charge in [0.05, 0.1) is 25.1 Å². The smallest absolute Gasteiger partial charge is 0.318 e. The number of aromatic nitrogens is 2. The highest BCUT2D eigenvalue weighted by molar-refractivity contribution is 6.11. The monoisotopic (exact) mass is 401 g/mol. The average molecular weight is 401 g/mol. The number of rotatable bonds is 6. The number of Topliss-reactive ketones (excluding diaryl/α,β-unsaturated/α-hetero) is 2. The van der Waals surface area contributed by atoms with Crippen molar-refractivity contribution < 1.29 is 24.0 Å². The molecule has 1 saturated carbocycles. The van der Waals surface area contributed by atoms with Crippen LogP contribution in [0.15, 0.2) is 24.4 Å². The SMILES string of the molecule is COc1cc(OC)cc([C@@H]2CCCC(C(=O)c3nn(C)cc3[N+](=O)[O-])C(=O)C2)c1. The van der Waals surface area contributed by atoms with Crippen molar-refractivity contribution >= 4 is 17.3 Å². The van der Waals surface area contributed by atoms with Crippen molar-refractivity contribution in [1.82, 2.24) is 9.78 Å². The molecular weight excluding hydrogens is 378 g/mol. The van der Waals surface area contributed by atoms with E-state index in [-0.39, 0.29) is 29.5 Å². The second-order valence-electron chi connectivity index (χ2n) is 7.15.